The van der Waals surface area contributed by atoms with Crippen molar-refractivity contribution in [3.63, 3.8) is 0 Å². The predicted octanol–water partition coefficient (Wildman–Crippen LogP) is 2.79. The summed E-state index contributed by atoms with van der Waals surface area (Å²) < 4.78 is 0.992. The number of halogens is 1. The zero-order chi connectivity index (χ0) is 15.1. The van der Waals surface area contributed by atoms with Crippen molar-refractivity contribution in [3.8, 4) is 0 Å². The number of aromatic nitrogens is 1. The lowest BCUT2D eigenvalue weighted by atomic mass is 10.2. The minimum atomic E-state index is -0.391. The number of carbonyl (C=O) groups excluding carboxylic acids is 1. The van der Waals surface area contributed by atoms with Crippen LogP contribution in [0.25, 0.3) is 0 Å². The van der Waals surface area contributed by atoms with Gasteiger partial charge in [-0.15, -0.1) is 0 Å². The fourth-order valence-electron chi connectivity index (χ4n) is 1.58. The molecule has 1 atom stereocenters. The molecule has 108 valence electrons. The Morgan fingerprint density at radius 3 is 2.76 bits per heavy atom. The maximum atomic E-state index is 11.9. The summed E-state index contributed by atoms with van der Waals surface area (Å²) in [6.45, 7) is 1.77. The molecule has 0 unspecified atom stereocenters. The second kappa shape index (κ2) is 7.54. The third kappa shape index (κ3) is 5.00. The van der Waals surface area contributed by atoms with E-state index in [1.54, 1.807) is 31.6 Å². The van der Waals surface area contributed by atoms with Crippen molar-refractivity contribution in [3.05, 3.63) is 58.8 Å². The van der Waals surface area contributed by atoms with Gasteiger partial charge < -0.3 is 5.32 Å². The molecule has 0 aliphatic carbocycles. The Bertz CT molecular complexity index is 613. The number of nitrogens with one attached hydrogen (secondary N) is 2. The van der Waals surface area contributed by atoms with E-state index >= 15 is 0 Å². The molecule has 1 heterocycles. The summed E-state index contributed by atoms with van der Waals surface area (Å²) in [7, 11) is 0. The quantitative estimate of drug-likeness (QED) is 0.646. The average Bonchev–Trinajstić information content (AvgIpc) is 2.50. The highest BCUT2D eigenvalue weighted by Crippen LogP contribution is 2.14. The van der Waals surface area contributed by atoms with E-state index in [4.69, 9.17) is 0 Å². The van der Waals surface area contributed by atoms with Crippen LogP contribution in [0.3, 0.4) is 0 Å². The predicted molar refractivity (Wildman–Crippen MR) is 87.2 cm³/mol. The highest BCUT2D eigenvalue weighted by atomic mass is 79.9. The standard InChI is InChI=1S/C15H15BrN4O/c1-11(19-14-6-4-13(16)5-7-14)15(21)20-18-10-12-3-2-8-17-9-12/h2-11,19H,1H3,(H,20,21)/b18-10-/t11-/m1/s1. The zero-order valence-corrected chi connectivity index (χ0v) is 13.0. The van der Waals surface area contributed by atoms with Gasteiger partial charge in [-0.25, -0.2) is 5.43 Å². The van der Waals surface area contributed by atoms with Gasteiger partial charge in [0, 0.05) is 28.1 Å². The van der Waals surface area contributed by atoms with Gasteiger partial charge in [0.25, 0.3) is 5.91 Å². The summed E-state index contributed by atoms with van der Waals surface area (Å²) in [5.74, 6) is -0.210. The second-order valence-corrected chi connectivity index (χ2v) is 5.31. The second-order valence-electron chi connectivity index (χ2n) is 4.39. The molecule has 1 aromatic heterocycles. The summed E-state index contributed by atoms with van der Waals surface area (Å²) in [4.78, 5) is 15.9. The van der Waals surface area contributed by atoms with Crippen LogP contribution in [0.15, 0.2) is 58.4 Å². The van der Waals surface area contributed by atoms with Crippen molar-refractivity contribution in [2.75, 3.05) is 5.32 Å². The molecule has 2 rings (SSSR count). The highest BCUT2D eigenvalue weighted by molar-refractivity contribution is 9.10. The first-order valence-electron chi connectivity index (χ1n) is 6.40. The maximum Gasteiger partial charge on any atom is 0.262 e. The SMILES string of the molecule is C[C@@H](Nc1ccc(Br)cc1)C(=O)N/N=C\c1cccnc1. The van der Waals surface area contributed by atoms with E-state index in [9.17, 15) is 4.79 Å². The number of benzene rings is 1. The normalized spacial score (nSPS) is 12.1. The molecule has 21 heavy (non-hydrogen) atoms. The Morgan fingerprint density at radius 1 is 1.33 bits per heavy atom. The average molecular weight is 347 g/mol. The molecule has 0 saturated heterocycles. The topological polar surface area (TPSA) is 66.4 Å². The van der Waals surface area contributed by atoms with Crippen LogP contribution in [0.2, 0.25) is 0 Å². The first-order valence-corrected chi connectivity index (χ1v) is 7.19. The molecule has 2 aromatic rings. The van der Waals surface area contributed by atoms with Gasteiger partial charge in [0.2, 0.25) is 0 Å². The number of hydrazone groups is 1. The molecule has 6 heteroatoms. The molecular formula is C15H15BrN4O. The summed E-state index contributed by atoms with van der Waals surface area (Å²) in [5, 5.41) is 7.00. The van der Waals surface area contributed by atoms with Crippen LogP contribution in [0.4, 0.5) is 5.69 Å². The van der Waals surface area contributed by atoms with Gasteiger partial charge in [0.1, 0.15) is 6.04 Å². The largest absolute Gasteiger partial charge is 0.374 e. The van der Waals surface area contributed by atoms with E-state index in [1.807, 2.05) is 30.3 Å². The van der Waals surface area contributed by atoms with E-state index in [1.165, 1.54) is 0 Å². The molecule has 0 fully saturated rings. The summed E-state index contributed by atoms with van der Waals surface area (Å²) >= 11 is 3.37. The molecule has 1 aromatic carbocycles. The highest BCUT2D eigenvalue weighted by Gasteiger charge is 2.11. The van der Waals surface area contributed by atoms with Crippen molar-refractivity contribution in [1.29, 1.82) is 0 Å². The Labute approximate surface area is 131 Å². The van der Waals surface area contributed by atoms with Crippen LogP contribution in [0, 0.1) is 0 Å². The number of amides is 1. The van der Waals surface area contributed by atoms with Gasteiger partial charge in [-0.3, -0.25) is 9.78 Å². The molecule has 0 saturated carbocycles. The van der Waals surface area contributed by atoms with Gasteiger partial charge in [-0.2, -0.15) is 5.10 Å². The molecule has 0 radical (unpaired) electrons. The summed E-state index contributed by atoms with van der Waals surface area (Å²) in [6, 6.07) is 10.9. The van der Waals surface area contributed by atoms with Crippen molar-refractivity contribution >= 4 is 33.7 Å². The smallest absolute Gasteiger partial charge is 0.262 e. The molecule has 2 N–H and O–H groups in total. The van der Waals surface area contributed by atoms with Crippen LogP contribution in [0.1, 0.15) is 12.5 Å². The number of hydrogen-bond donors (Lipinski definition) is 2. The fourth-order valence-corrected chi connectivity index (χ4v) is 1.85. The number of carbonyl (C=O) groups is 1. The molecular weight excluding hydrogens is 332 g/mol. The van der Waals surface area contributed by atoms with Crippen LogP contribution < -0.4 is 10.7 Å². The molecule has 1 amide bonds. The van der Waals surface area contributed by atoms with Gasteiger partial charge in [0.15, 0.2) is 0 Å². The first kappa shape index (κ1) is 15.2. The van der Waals surface area contributed by atoms with Gasteiger partial charge in [-0.05, 0) is 37.3 Å². The van der Waals surface area contributed by atoms with E-state index in [0.29, 0.717) is 0 Å². The van der Waals surface area contributed by atoms with Gasteiger partial charge in [-0.1, -0.05) is 22.0 Å². The number of hydrogen-bond acceptors (Lipinski definition) is 4. The Kier molecular flexibility index (Phi) is 5.45. The minimum absolute atomic E-state index is 0.210. The number of nitrogens with zero attached hydrogens (tertiary/aromatic N) is 2. The number of pyridine rings is 1. The van der Waals surface area contributed by atoms with Gasteiger partial charge in [0.05, 0.1) is 6.21 Å². The summed E-state index contributed by atoms with van der Waals surface area (Å²) in [5.41, 5.74) is 4.19. The lowest BCUT2D eigenvalue weighted by Crippen LogP contribution is -2.34. The molecule has 0 aliphatic rings. The Hall–Kier alpha value is -2.21. The molecule has 0 bridgehead atoms. The van der Waals surface area contributed by atoms with Crippen molar-refractivity contribution in [2.45, 2.75) is 13.0 Å². The Morgan fingerprint density at radius 2 is 2.10 bits per heavy atom. The van der Waals surface area contributed by atoms with E-state index in [2.05, 4.69) is 36.8 Å². The van der Waals surface area contributed by atoms with Crippen molar-refractivity contribution < 1.29 is 4.79 Å². The van der Waals surface area contributed by atoms with Gasteiger partial charge >= 0.3 is 0 Å². The first-order chi connectivity index (χ1) is 10.1. The van der Waals surface area contributed by atoms with Crippen molar-refractivity contribution in [2.24, 2.45) is 5.10 Å². The molecule has 0 aliphatic heterocycles. The minimum Gasteiger partial charge on any atom is -0.374 e. The molecule has 0 spiro atoms. The number of anilines is 1. The monoisotopic (exact) mass is 346 g/mol. The van der Waals surface area contributed by atoms with Crippen LogP contribution in [0.5, 0.6) is 0 Å². The fraction of sp³-hybridized carbons (Fsp3) is 0.133. The lowest BCUT2D eigenvalue weighted by Gasteiger charge is -2.13. The maximum absolute atomic E-state index is 11.9. The Balaban J connectivity index is 1.85. The third-order valence-corrected chi connectivity index (χ3v) is 3.22. The van der Waals surface area contributed by atoms with Crippen LogP contribution in [-0.2, 0) is 4.79 Å². The third-order valence-electron chi connectivity index (χ3n) is 2.69. The van der Waals surface area contributed by atoms with Crippen molar-refractivity contribution in [1.82, 2.24) is 10.4 Å². The van der Waals surface area contributed by atoms with Crippen LogP contribution >= 0.6 is 15.9 Å². The van der Waals surface area contributed by atoms with E-state index < -0.39 is 6.04 Å². The number of rotatable bonds is 5. The lowest BCUT2D eigenvalue weighted by molar-refractivity contribution is -0.121. The molecule has 5 nitrogen and oxygen atoms in total. The summed E-state index contributed by atoms with van der Waals surface area (Å²) in [6.07, 6.45) is 4.90. The zero-order valence-electron chi connectivity index (χ0n) is 11.5. The van der Waals surface area contributed by atoms with Crippen LogP contribution in [-0.4, -0.2) is 23.1 Å². The van der Waals surface area contributed by atoms with E-state index in [-0.39, 0.29) is 5.91 Å². The van der Waals surface area contributed by atoms with E-state index in [0.717, 1.165) is 15.7 Å².